The number of rotatable bonds is 8. The van der Waals surface area contributed by atoms with Crippen LogP contribution in [0.5, 0.6) is 5.75 Å². The lowest BCUT2D eigenvalue weighted by Gasteiger charge is -2.17. The average molecular weight is 315 g/mol. The van der Waals surface area contributed by atoms with Gasteiger partial charge in [-0.25, -0.2) is 0 Å². The Kier molecular flexibility index (Phi) is 6.97. The van der Waals surface area contributed by atoms with E-state index >= 15 is 0 Å². The van der Waals surface area contributed by atoms with Crippen molar-refractivity contribution in [2.24, 2.45) is 4.99 Å². The maximum atomic E-state index is 5.83. The maximum Gasteiger partial charge on any atom is 0.191 e. The number of para-hydroxylation sites is 1. The molecule has 0 saturated heterocycles. The zero-order chi connectivity index (χ0) is 16.3. The van der Waals surface area contributed by atoms with Crippen molar-refractivity contribution in [1.82, 2.24) is 20.4 Å². The van der Waals surface area contributed by atoms with Gasteiger partial charge in [0.05, 0.1) is 6.54 Å². The summed E-state index contributed by atoms with van der Waals surface area (Å²) in [6, 6.07) is 11.8. The Labute approximate surface area is 137 Å². The Hall–Kier alpha value is -2.50. The lowest BCUT2D eigenvalue weighted by atomic mass is 10.3. The molecule has 124 valence electrons. The number of ether oxygens (including phenoxy) is 1. The number of aliphatic imine (C=N–C) groups is 1. The predicted octanol–water partition coefficient (Wildman–Crippen LogP) is 1.91. The van der Waals surface area contributed by atoms with Crippen molar-refractivity contribution in [3.8, 4) is 5.75 Å². The first-order chi connectivity index (χ1) is 11.3. The highest BCUT2D eigenvalue weighted by atomic mass is 16.5. The van der Waals surface area contributed by atoms with Crippen molar-refractivity contribution < 1.29 is 4.74 Å². The van der Waals surface area contributed by atoms with Crippen molar-refractivity contribution in [3.05, 3.63) is 48.8 Å². The zero-order valence-electron chi connectivity index (χ0n) is 13.8. The number of hydrogen-bond donors (Lipinski definition) is 2. The molecular formula is C17H25N5O. The normalized spacial score (nSPS) is 12.7. The molecule has 1 aromatic heterocycles. The standard InChI is InChI=1S/C17H25N5O/c1-15(23-16-8-4-3-5-9-16)14-20-17(18-2)19-10-6-12-22-13-7-11-21-22/h3-5,7-9,11,13,15H,6,10,12,14H2,1-2H3,(H2,18,19,20). The minimum Gasteiger partial charge on any atom is -0.489 e. The van der Waals surface area contributed by atoms with Gasteiger partial charge in [0.1, 0.15) is 11.9 Å². The van der Waals surface area contributed by atoms with Crippen molar-refractivity contribution in [1.29, 1.82) is 0 Å². The summed E-state index contributed by atoms with van der Waals surface area (Å²) in [7, 11) is 1.77. The molecule has 0 amide bonds. The Morgan fingerprint density at radius 1 is 1.26 bits per heavy atom. The lowest BCUT2D eigenvalue weighted by Crippen LogP contribution is -2.42. The Morgan fingerprint density at radius 3 is 2.78 bits per heavy atom. The van der Waals surface area contributed by atoms with Crippen LogP contribution in [-0.2, 0) is 6.54 Å². The molecule has 0 aliphatic rings. The van der Waals surface area contributed by atoms with Crippen LogP contribution in [0.1, 0.15) is 13.3 Å². The summed E-state index contributed by atoms with van der Waals surface area (Å²) in [4.78, 5) is 4.22. The molecule has 0 spiro atoms. The molecule has 1 aromatic carbocycles. The van der Waals surface area contributed by atoms with E-state index in [1.807, 2.05) is 54.2 Å². The second-order valence-corrected chi connectivity index (χ2v) is 5.24. The first-order valence-electron chi connectivity index (χ1n) is 7.91. The summed E-state index contributed by atoms with van der Waals surface area (Å²) in [5, 5.41) is 10.7. The summed E-state index contributed by atoms with van der Waals surface area (Å²) >= 11 is 0. The first-order valence-corrected chi connectivity index (χ1v) is 7.91. The van der Waals surface area contributed by atoms with Crippen LogP contribution >= 0.6 is 0 Å². The molecule has 23 heavy (non-hydrogen) atoms. The monoisotopic (exact) mass is 315 g/mol. The van der Waals surface area contributed by atoms with Gasteiger partial charge in [-0.05, 0) is 31.5 Å². The smallest absolute Gasteiger partial charge is 0.191 e. The minimum absolute atomic E-state index is 0.0556. The van der Waals surface area contributed by atoms with Crippen LogP contribution < -0.4 is 15.4 Å². The molecule has 6 nitrogen and oxygen atoms in total. The molecule has 6 heteroatoms. The molecule has 2 N–H and O–H groups in total. The van der Waals surface area contributed by atoms with Crippen molar-refractivity contribution in [3.63, 3.8) is 0 Å². The second-order valence-electron chi connectivity index (χ2n) is 5.24. The summed E-state index contributed by atoms with van der Waals surface area (Å²) in [6.45, 7) is 4.46. The van der Waals surface area contributed by atoms with E-state index in [1.165, 1.54) is 0 Å². The molecule has 2 aromatic rings. The molecule has 0 saturated carbocycles. The van der Waals surface area contributed by atoms with Crippen LogP contribution in [0.25, 0.3) is 0 Å². The van der Waals surface area contributed by atoms with Crippen molar-refractivity contribution >= 4 is 5.96 Å². The number of benzene rings is 1. The van der Waals surface area contributed by atoms with Gasteiger partial charge in [-0.15, -0.1) is 0 Å². The number of guanidine groups is 1. The summed E-state index contributed by atoms with van der Waals surface area (Å²) < 4.78 is 7.75. The lowest BCUT2D eigenvalue weighted by molar-refractivity contribution is 0.224. The zero-order valence-corrected chi connectivity index (χ0v) is 13.8. The van der Waals surface area contributed by atoms with Crippen LogP contribution in [-0.4, -0.2) is 42.0 Å². The van der Waals surface area contributed by atoms with Gasteiger partial charge in [-0.2, -0.15) is 5.10 Å². The van der Waals surface area contributed by atoms with Crippen LogP contribution in [0.3, 0.4) is 0 Å². The van der Waals surface area contributed by atoms with Gasteiger partial charge in [0.15, 0.2) is 5.96 Å². The van der Waals surface area contributed by atoms with Gasteiger partial charge in [-0.3, -0.25) is 9.67 Å². The van der Waals surface area contributed by atoms with E-state index in [-0.39, 0.29) is 6.10 Å². The van der Waals surface area contributed by atoms with E-state index in [1.54, 1.807) is 13.2 Å². The predicted molar refractivity (Wildman–Crippen MR) is 92.7 cm³/mol. The van der Waals surface area contributed by atoms with Gasteiger partial charge in [0.25, 0.3) is 0 Å². The van der Waals surface area contributed by atoms with Crippen LogP contribution in [0.15, 0.2) is 53.8 Å². The van der Waals surface area contributed by atoms with Crippen LogP contribution in [0.4, 0.5) is 0 Å². The van der Waals surface area contributed by atoms with Crippen LogP contribution in [0.2, 0.25) is 0 Å². The van der Waals surface area contributed by atoms with Crippen molar-refractivity contribution in [2.75, 3.05) is 20.1 Å². The van der Waals surface area contributed by atoms with E-state index in [9.17, 15) is 0 Å². The largest absolute Gasteiger partial charge is 0.489 e. The summed E-state index contributed by atoms with van der Waals surface area (Å²) in [6.07, 6.45) is 4.80. The van der Waals surface area contributed by atoms with Gasteiger partial charge in [-0.1, -0.05) is 18.2 Å². The Bertz CT molecular complexity index is 568. The highest BCUT2D eigenvalue weighted by Gasteiger charge is 2.05. The van der Waals surface area contributed by atoms with Gasteiger partial charge in [0.2, 0.25) is 0 Å². The Balaban J connectivity index is 1.62. The van der Waals surface area contributed by atoms with E-state index in [0.29, 0.717) is 6.54 Å². The van der Waals surface area contributed by atoms with E-state index < -0.39 is 0 Å². The maximum absolute atomic E-state index is 5.83. The quantitative estimate of drug-likeness (QED) is 0.444. The molecule has 0 aliphatic carbocycles. The molecule has 1 heterocycles. The minimum atomic E-state index is 0.0556. The number of aryl methyl sites for hydroxylation is 1. The highest BCUT2D eigenvalue weighted by Crippen LogP contribution is 2.10. The average Bonchev–Trinajstić information content (AvgIpc) is 3.08. The highest BCUT2D eigenvalue weighted by molar-refractivity contribution is 5.79. The third-order valence-electron chi connectivity index (χ3n) is 3.28. The molecule has 2 rings (SSSR count). The topological polar surface area (TPSA) is 63.5 Å². The third kappa shape index (κ3) is 6.42. The van der Waals surface area contributed by atoms with Gasteiger partial charge in [0, 0.05) is 32.5 Å². The molecule has 1 atom stereocenters. The Morgan fingerprint density at radius 2 is 2.09 bits per heavy atom. The fraction of sp³-hybridized carbons (Fsp3) is 0.412. The van der Waals surface area contributed by atoms with E-state index in [4.69, 9.17) is 4.74 Å². The number of nitrogens with one attached hydrogen (secondary N) is 2. The van der Waals surface area contributed by atoms with E-state index in [0.717, 1.165) is 31.2 Å². The number of hydrogen-bond acceptors (Lipinski definition) is 3. The number of aromatic nitrogens is 2. The second kappa shape index (κ2) is 9.50. The molecule has 0 aliphatic heterocycles. The van der Waals surface area contributed by atoms with E-state index in [2.05, 4.69) is 20.7 Å². The molecule has 1 unspecified atom stereocenters. The summed E-state index contributed by atoms with van der Waals surface area (Å²) in [5.74, 6) is 1.66. The number of nitrogens with zero attached hydrogens (tertiary/aromatic N) is 3. The summed E-state index contributed by atoms with van der Waals surface area (Å²) in [5.41, 5.74) is 0. The fourth-order valence-corrected chi connectivity index (χ4v) is 2.11. The molecule has 0 bridgehead atoms. The third-order valence-corrected chi connectivity index (χ3v) is 3.28. The fourth-order valence-electron chi connectivity index (χ4n) is 2.11. The molecular weight excluding hydrogens is 290 g/mol. The molecule has 0 radical (unpaired) electrons. The molecule has 0 fully saturated rings. The van der Waals surface area contributed by atoms with Gasteiger partial charge >= 0.3 is 0 Å². The van der Waals surface area contributed by atoms with Crippen LogP contribution in [0, 0.1) is 0 Å². The SMILES string of the molecule is CN=C(NCCCn1cccn1)NCC(C)Oc1ccccc1. The van der Waals surface area contributed by atoms with Crippen molar-refractivity contribution in [2.45, 2.75) is 26.0 Å². The first kappa shape index (κ1) is 16.9. The van der Waals surface area contributed by atoms with Gasteiger partial charge < -0.3 is 15.4 Å².